The lowest BCUT2D eigenvalue weighted by Gasteiger charge is -2.11. The molecule has 0 saturated heterocycles. The van der Waals surface area contributed by atoms with Crippen molar-refractivity contribution < 1.29 is 0 Å². The summed E-state index contributed by atoms with van der Waals surface area (Å²) in [7, 11) is 4.15. The lowest BCUT2D eigenvalue weighted by atomic mass is 10.2. The third-order valence-electron chi connectivity index (χ3n) is 3.58. The van der Waals surface area contributed by atoms with Gasteiger partial charge in [0.15, 0.2) is 0 Å². The molecule has 2 aromatic carbocycles. The highest BCUT2D eigenvalue weighted by Gasteiger charge is 2.10. The fraction of sp³-hybridized carbons (Fsp3) is 0.211. The van der Waals surface area contributed by atoms with E-state index in [1.54, 1.807) is 0 Å². The van der Waals surface area contributed by atoms with E-state index in [2.05, 4.69) is 78.3 Å². The molecule has 112 valence electrons. The van der Waals surface area contributed by atoms with Gasteiger partial charge < -0.3 is 9.47 Å². The van der Waals surface area contributed by atoms with Gasteiger partial charge in [0.2, 0.25) is 0 Å². The van der Waals surface area contributed by atoms with Gasteiger partial charge in [-0.1, -0.05) is 60.7 Å². The van der Waals surface area contributed by atoms with Gasteiger partial charge in [0.1, 0.15) is 5.82 Å². The number of benzene rings is 2. The summed E-state index contributed by atoms with van der Waals surface area (Å²) in [5.41, 5.74) is 3.49. The van der Waals surface area contributed by atoms with E-state index in [9.17, 15) is 0 Å². The molecule has 0 aliphatic rings. The van der Waals surface area contributed by atoms with Gasteiger partial charge in [-0.05, 0) is 19.7 Å². The molecule has 0 saturated carbocycles. The lowest BCUT2D eigenvalue weighted by molar-refractivity contribution is 0.382. The molecule has 22 heavy (non-hydrogen) atoms. The minimum Gasteiger partial charge on any atom is -0.329 e. The number of imidazole rings is 1. The van der Waals surface area contributed by atoms with E-state index in [-0.39, 0.29) is 0 Å². The molecule has 3 nitrogen and oxygen atoms in total. The summed E-state index contributed by atoms with van der Waals surface area (Å²) in [6.45, 7) is 1.68. The van der Waals surface area contributed by atoms with Crippen LogP contribution in [-0.4, -0.2) is 28.5 Å². The highest BCUT2D eigenvalue weighted by atomic mass is 15.1. The molecule has 0 fully saturated rings. The van der Waals surface area contributed by atoms with E-state index in [0.29, 0.717) is 0 Å². The highest BCUT2D eigenvalue weighted by Crippen LogP contribution is 2.20. The Balaban J connectivity index is 1.94. The van der Waals surface area contributed by atoms with Gasteiger partial charge in [-0.25, -0.2) is 4.98 Å². The summed E-state index contributed by atoms with van der Waals surface area (Å²) < 4.78 is 2.25. The number of hydrogen-bond donors (Lipinski definition) is 0. The molecule has 3 aromatic rings. The lowest BCUT2D eigenvalue weighted by Crippen LogP contribution is -2.15. The van der Waals surface area contributed by atoms with Crippen LogP contribution in [0.3, 0.4) is 0 Å². The van der Waals surface area contributed by atoms with Crippen LogP contribution in [0.15, 0.2) is 66.9 Å². The first kappa shape index (κ1) is 14.5. The third-order valence-corrected chi connectivity index (χ3v) is 3.58. The van der Waals surface area contributed by atoms with Crippen LogP contribution < -0.4 is 0 Å². The Morgan fingerprint density at radius 2 is 1.55 bits per heavy atom. The number of nitrogens with zero attached hydrogens (tertiary/aromatic N) is 3. The van der Waals surface area contributed by atoms with Gasteiger partial charge in [-0.2, -0.15) is 0 Å². The zero-order chi connectivity index (χ0) is 15.4. The first-order valence-electron chi connectivity index (χ1n) is 7.52. The van der Waals surface area contributed by atoms with E-state index in [0.717, 1.165) is 30.2 Å². The second-order valence-corrected chi connectivity index (χ2v) is 5.76. The molecule has 0 spiro atoms. The minimum atomic E-state index is 0.833. The van der Waals surface area contributed by atoms with E-state index < -0.39 is 0 Å². The monoisotopic (exact) mass is 291 g/mol. The maximum atomic E-state index is 4.84. The quantitative estimate of drug-likeness (QED) is 0.715. The first-order valence-corrected chi connectivity index (χ1v) is 7.52. The van der Waals surface area contributed by atoms with Crippen molar-refractivity contribution in [2.24, 2.45) is 0 Å². The Bertz CT molecular complexity index is 715. The molecule has 3 rings (SSSR count). The minimum absolute atomic E-state index is 0.833. The van der Waals surface area contributed by atoms with Crippen molar-refractivity contribution in [1.29, 1.82) is 0 Å². The summed E-state index contributed by atoms with van der Waals surface area (Å²) in [6.07, 6.45) is 2.15. The van der Waals surface area contributed by atoms with Gasteiger partial charge in [-0.3, -0.25) is 0 Å². The van der Waals surface area contributed by atoms with Gasteiger partial charge in [0, 0.05) is 18.3 Å². The Hall–Kier alpha value is -2.39. The number of rotatable bonds is 5. The first-order chi connectivity index (χ1) is 10.7. The molecular weight excluding hydrogens is 270 g/mol. The van der Waals surface area contributed by atoms with Crippen molar-refractivity contribution in [2.75, 3.05) is 14.1 Å². The predicted octanol–water partition coefficient (Wildman–Crippen LogP) is 3.66. The van der Waals surface area contributed by atoms with Crippen molar-refractivity contribution in [3.63, 3.8) is 0 Å². The van der Waals surface area contributed by atoms with Crippen LogP contribution in [0.2, 0.25) is 0 Å². The van der Waals surface area contributed by atoms with Gasteiger partial charge in [-0.15, -0.1) is 0 Å². The van der Waals surface area contributed by atoms with Crippen LogP contribution in [0.25, 0.3) is 11.3 Å². The largest absolute Gasteiger partial charge is 0.329 e. The smallest absolute Gasteiger partial charge is 0.123 e. The van der Waals surface area contributed by atoms with Crippen LogP contribution in [0, 0.1) is 0 Å². The van der Waals surface area contributed by atoms with Crippen molar-refractivity contribution >= 4 is 0 Å². The highest BCUT2D eigenvalue weighted by molar-refractivity contribution is 5.58. The van der Waals surface area contributed by atoms with E-state index in [4.69, 9.17) is 4.98 Å². The Morgan fingerprint density at radius 1 is 0.909 bits per heavy atom. The number of hydrogen-bond acceptors (Lipinski definition) is 2. The molecule has 0 bridgehead atoms. The topological polar surface area (TPSA) is 21.1 Å². The average molecular weight is 291 g/mol. The van der Waals surface area contributed by atoms with Crippen LogP contribution in [0.4, 0.5) is 0 Å². The van der Waals surface area contributed by atoms with Gasteiger partial charge in [0.05, 0.1) is 12.2 Å². The van der Waals surface area contributed by atoms with Crippen molar-refractivity contribution in [2.45, 2.75) is 13.1 Å². The predicted molar refractivity (Wildman–Crippen MR) is 90.6 cm³/mol. The average Bonchev–Trinajstić information content (AvgIpc) is 2.91. The summed E-state index contributed by atoms with van der Waals surface area (Å²) in [5, 5.41) is 0. The molecular formula is C19H21N3. The van der Waals surface area contributed by atoms with Crippen LogP contribution in [-0.2, 0) is 13.1 Å². The molecule has 3 heteroatoms. The SMILES string of the molecule is CN(C)Cc1nc(-c2ccccc2)cn1Cc1ccccc1. The molecule has 1 heterocycles. The fourth-order valence-electron chi connectivity index (χ4n) is 2.53. The fourth-order valence-corrected chi connectivity index (χ4v) is 2.53. The molecule has 1 aromatic heterocycles. The normalized spacial score (nSPS) is 11.0. The van der Waals surface area contributed by atoms with E-state index in [1.165, 1.54) is 5.56 Å². The van der Waals surface area contributed by atoms with Crippen molar-refractivity contribution in [3.8, 4) is 11.3 Å². The molecule has 0 aliphatic heterocycles. The number of aromatic nitrogens is 2. The maximum absolute atomic E-state index is 4.84. The van der Waals surface area contributed by atoms with Gasteiger partial charge >= 0.3 is 0 Å². The van der Waals surface area contributed by atoms with Crippen LogP contribution in [0.5, 0.6) is 0 Å². The molecule has 0 aliphatic carbocycles. The molecule has 0 amide bonds. The van der Waals surface area contributed by atoms with Crippen LogP contribution >= 0.6 is 0 Å². The van der Waals surface area contributed by atoms with Gasteiger partial charge in [0.25, 0.3) is 0 Å². The van der Waals surface area contributed by atoms with Crippen molar-refractivity contribution in [1.82, 2.24) is 14.5 Å². The molecule has 0 unspecified atom stereocenters. The Kier molecular flexibility index (Phi) is 4.35. The Morgan fingerprint density at radius 3 is 2.18 bits per heavy atom. The Labute approximate surface area is 131 Å². The zero-order valence-electron chi connectivity index (χ0n) is 13.1. The van der Waals surface area contributed by atoms with E-state index >= 15 is 0 Å². The third kappa shape index (κ3) is 3.43. The standard InChI is InChI=1S/C19H21N3/c1-21(2)15-19-20-18(17-11-7-4-8-12-17)14-22(19)13-16-9-5-3-6-10-16/h3-12,14H,13,15H2,1-2H3. The second-order valence-electron chi connectivity index (χ2n) is 5.76. The molecule has 0 N–H and O–H groups in total. The molecule has 0 atom stereocenters. The van der Waals surface area contributed by atoms with E-state index in [1.807, 2.05) is 12.1 Å². The summed E-state index contributed by atoms with van der Waals surface area (Å²) in [6, 6.07) is 20.9. The zero-order valence-corrected chi connectivity index (χ0v) is 13.1. The van der Waals surface area contributed by atoms with Crippen molar-refractivity contribution in [3.05, 3.63) is 78.2 Å². The molecule has 0 radical (unpaired) electrons. The summed E-state index contributed by atoms with van der Waals surface area (Å²) in [5.74, 6) is 1.09. The van der Waals surface area contributed by atoms with Crippen LogP contribution in [0.1, 0.15) is 11.4 Å². The second kappa shape index (κ2) is 6.58. The summed E-state index contributed by atoms with van der Waals surface area (Å²) >= 11 is 0. The maximum Gasteiger partial charge on any atom is 0.123 e. The summed E-state index contributed by atoms with van der Waals surface area (Å²) in [4.78, 5) is 6.99.